The Hall–Kier alpha value is -2.00. The SMILES string of the molecule is CN(CCCC(=O)N1CCN(C(=O)C2CCC2)CC1)S(=O)(=O)c1ccc(F)cc1. The second kappa shape index (κ2) is 9.21. The van der Waals surface area contributed by atoms with Crippen LogP contribution in [0, 0.1) is 11.7 Å². The quantitative estimate of drug-likeness (QED) is 0.666. The number of carbonyl (C=O) groups excluding carboxylic acids is 2. The van der Waals surface area contributed by atoms with Crippen LogP contribution >= 0.6 is 0 Å². The molecule has 160 valence electrons. The van der Waals surface area contributed by atoms with Crippen molar-refractivity contribution in [1.82, 2.24) is 14.1 Å². The van der Waals surface area contributed by atoms with Crippen LogP contribution in [0.5, 0.6) is 0 Å². The molecule has 1 aliphatic heterocycles. The lowest BCUT2D eigenvalue weighted by Crippen LogP contribution is -2.52. The van der Waals surface area contributed by atoms with Gasteiger partial charge in [0.25, 0.3) is 0 Å². The second-order valence-corrected chi connectivity index (χ2v) is 9.76. The monoisotopic (exact) mass is 425 g/mol. The summed E-state index contributed by atoms with van der Waals surface area (Å²) in [5.74, 6) is -0.119. The molecule has 1 heterocycles. The fourth-order valence-corrected chi connectivity index (χ4v) is 4.82. The van der Waals surface area contributed by atoms with E-state index in [9.17, 15) is 22.4 Å². The summed E-state index contributed by atoms with van der Waals surface area (Å²) in [6, 6.07) is 4.69. The lowest BCUT2D eigenvalue weighted by atomic mass is 9.84. The summed E-state index contributed by atoms with van der Waals surface area (Å²) in [6.45, 7) is 2.40. The lowest BCUT2D eigenvalue weighted by Gasteiger charge is -2.38. The number of hydrogen-bond acceptors (Lipinski definition) is 4. The number of sulfonamides is 1. The van der Waals surface area contributed by atoms with Gasteiger partial charge in [0.2, 0.25) is 21.8 Å². The van der Waals surface area contributed by atoms with Gasteiger partial charge in [-0.1, -0.05) is 6.42 Å². The van der Waals surface area contributed by atoms with Crippen molar-refractivity contribution < 1.29 is 22.4 Å². The largest absolute Gasteiger partial charge is 0.339 e. The number of carbonyl (C=O) groups is 2. The highest BCUT2D eigenvalue weighted by molar-refractivity contribution is 7.89. The van der Waals surface area contributed by atoms with Gasteiger partial charge in [0, 0.05) is 52.1 Å². The minimum absolute atomic E-state index is 0.0201. The van der Waals surface area contributed by atoms with Crippen molar-refractivity contribution in [2.24, 2.45) is 5.92 Å². The molecule has 7 nitrogen and oxygen atoms in total. The molecule has 29 heavy (non-hydrogen) atoms. The summed E-state index contributed by atoms with van der Waals surface area (Å²) >= 11 is 0. The number of rotatable bonds is 7. The topological polar surface area (TPSA) is 78.0 Å². The Morgan fingerprint density at radius 2 is 1.66 bits per heavy atom. The van der Waals surface area contributed by atoms with E-state index in [0.29, 0.717) is 32.6 Å². The average Bonchev–Trinajstić information content (AvgIpc) is 2.66. The molecular weight excluding hydrogens is 397 g/mol. The van der Waals surface area contributed by atoms with Gasteiger partial charge < -0.3 is 9.80 Å². The fraction of sp³-hybridized carbons (Fsp3) is 0.600. The van der Waals surface area contributed by atoms with Crippen molar-refractivity contribution in [3.8, 4) is 0 Å². The number of piperazine rings is 1. The van der Waals surface area contributed by atoms with Gasteiger partial charge in [0.1, 0.15) is 5.82 Å². The van der Waals surface area contributed by atoms with Crippen LogP contribution in [-0.4, -0.2) is 74.1 Å². The van der Waals surface area contributed by atoms with E-state index < -0.39 is 15.8 Å². The molecule has 0 bridgehead atoms. The predicted molar refractivity (Wildman–Crippen MR) is 106 cm³/mol. The fourth-order valence-electron chi connectivity index (χ4n) is 3.61. The van der Waals surface area contributed by atoms with Crippen molar-refractivity contribution in [3.63, 3.8) is 0 Å². The zero-order chi connectivity index (χ0) is 21.0. The standard InChI is InChI=1S/C20H28FN3O4S/c1-22(29(27,28)18-9-7-17(21)8-10-18)11-3-6-19(25)23-12-14-24(15-13-23)20(26)16-4-2-5-16/h7-10,16H,2-6,11-15H2,1H3. The van der Waals surface area contributed by atoms with Gasteiger partial charge in [-0.15, -0.1) is 0 Å². The van der Waals surface area contributed by atoms with Gasteiger partial charge in [0.05, 0.1) is 4.90 Å². The van der Waals surface area contributed by atoms with E-state index in [1.807, 2.05) is 4.90 Å². The molecule has 1 aliphatic carbocycles. The van der Waals surface area contributed by atoms with E-state index >= 15 is 0 Å². The first-order valence-corrected chi connectivity index (χ1v) is 11.5. The summed E-state index contributed by atoms with van der Waals surface area (Å²) in [5, 5.41) is 0. The number of benzene rings is 1. The number of nitrogens with zero attached hydrogens (tertiary/aromatic N) is 3. The van der Waals surface area contributed by atoms with E-state index in [-0.39, 0.29) is 35.6 Å². The van der Waals surface area contributed by atoms with Gasteiger partial charge in [-0.3, -0.25) is 9.59 Å². The molecule has 1 aromatic carbocycles. The van der Waals surface area contributed by atoms with Crippen molar-refractivity contribution in [3.05, 3.63) is 30.1 Å². The zero-order valence-electron chi connectivity index (χ0n) is 16.7. The molecule has 3 rings (SSSR count). The minimum atomic E-state index is -3.70. The molecule has 0 atom stereocenters. The molecule has 0 aromatic heterocycles. The summed E-state index contributed by atoms with van der Waals surface area (Å²) in [5.41, 5.74) is 0. The van der Waals surface area contributed by atoms with E-state index in [4.69, 9.17) is 0 Å². The third-order valence-corrected chi connectivity index (χ3v) is 7.66. The van der Waals surface area contributed by atoms with E-state index in [1.54, 1.807) is 4.90 Å². The van der Waals surface area contributed by atoms with Crippen LogP contribution in [0.4, 0.5) is 4.39 Å². The molecule has 0 radical (unpaired) electrons. The van der Waals surface area contributed by atoms with E-state index in [2.05, 4.69) is 0 Å². The van der Waals surface area contributed by atoms with Crippen LogP contribution in [-0.2, 0) is 19.6 Å². The first kappa shape index (κ1) is 21.7. The second-order valence-electron chi connectivity index (χ2n) is 7.72. The molecule has 0 N–H and O–H groups in total. The number of hydrogen-bond donors (Lipinski definition) is 0. The summed E-state index contributed by atoms with van der Waals surface area (Å²) in [6.07, 6.45) is 3.73. The summed E-state index contributed by atoms with van der Waals surface area (Å²) in [4.78, 5) is 28.3. The zero-order valence-corrected chi connectivity index (χ0v) is 17.5. The first-order valence-electron chi connectivity index (χ1n) is 10.1. The Balaban J connectivity index is 1.41. The van der Waals surface area contributed by atoms with Crippen molar-refractivity contribution >= 4 is 21.8 Å². The smallest absolute Gasteiger partial charge is 0.242 e. The highest BCUT2D eigenvalue weighted by Crippen LogP contribution is 2.28. The van der Waals surface area contributed by atoms with Crippen LogP contribution in [0.2, 0.25) is 0 Å². The van der Waals surface area contributed by atoms with Gasteiger partial charge in [0.15, 0.2) is 0 Å². The molecule has 9 heteroatoms. The van der Waals surface area contributed by atoms with Crippen molar-refractivity contribution in [2.45, 2.75) is 37.0 Å². The normalized spacial score (nSPS) is 18.0. The highest BCUT2D eigenvalue weighted by atomic mass is 32.2. The maximum Gasteiger partial charge on any atom is 0.242 e. The van der Waals surface area contributed by atoms with Crippen LogP contribution in [0.3, 0.4) is 0 Å². The molecule has 0 spiro atoms. The molecule has 2 aliphatic rings. The molecule has 1 saturated heterocycles. The van der Waals surface area contributed by atoms with E-state index in [1.165, 1.54) is 23.5 Å². The number of amides is 2. The molecule has 1 saturated carbocycles. The van der Waals surface area contributed by atoms with Gasteiger partial charge in [-0.05, 0) is 43.5 Å². The molecule has 2 fully saturated rings. The summed E-state index contributed by atoms with van der Waals surface area (Å²) in [7, 11) is -2.25. The highest BCUT2D eigenvalue weighted by Gasteiger charge is 2.32. The average molecular weight is 426 g/mol. The third-order valence-electron chi connectivity index (χ3n) is 5.78. The predicted octanol–water partition coefficient (Wildman–Crippen LogP) is 1.70. The van der Waals surface area contributed by atoms with Gasteiger partial charge in [-0.25, -0.2) is 17.1 Å². The van der Waals surface area contributed by atoms with Crippen LogP contribution in [0.25, 0.3) is 0 Å². The van der Waals surface area contributed by atoms with Crippen molar-refractivity contribution in [2.75, 3.05) is 39.8 Å². The lowest BCUT2D eigenvalue weighted by molar-refractivity contribution is -0.144. The Morgan fingerprint density at radius 1 is 1.07 bits per heavy atom. The maximum absolute atomic E-state index is 13.0. The summed E-state index contributed by atoms with van der Waals surface area (Å²) < 4.78 is 39.1. The first-order chi connectivity index (χ1) is 13.8. The number of halogens is 1. The van der Waals surface area contributed by atoms with Gasteiger partial charge >= 0.3 is 0 Å². The third kappa shape index (κ3) is 5.14. The van der Waals surface area contributed by atoms with E-state index in [0.717, 1.165) is 31.4 Å². The Bertz CT molecular complexity index is 832. The van der Waals surface area contributed by atoms with Crippen LogP contribution in [0.15, 0.2) is 29.2 Å². The van der Waals surface area contributed by atoms with Crippen molar-refractivity contribution in [1.29, 1.82) is 0 Å². The minimum Gasteiger partial charge on any atom is -0.339 e. The Kier molecular flexibility index (Phi) is 6.89. The Morgan fingerprint density at radius 3 is 2.21 bits per heavy atom. The molecule has 1 aromatic rings. The molecule has 2 amide bonds. The maximum atomic E-state index is 13.0. The Labute approximate surface area is 171 Å². The van der Waals surface area contributed by atoms with Crippen LogP contribution < -0.4 is 0 Å². The van der Waals surface area contributed by atoms with Gasteiger partial charge in [-0.2, -0.15) is 0 Å². The molecular formula is C20H28FN3O4S. The van der Waals surface area contributed by atoms with Crippen LogP contribution in [0.1, 0.15) is 32.1 Å². The molecule has 0 unspecified atom stereocenters.